The molecule has 1 N–H and O–H groups in total. The highest BCUT2D eigenvalue weighted by Gasteiger charge is 2.30. The first-order valence-corrected chi connectivity index (χ1v) is 12.1. The number of rotatable bonds is 12. The van der Waals surface area contributed by atoms with E-state index in [1.54, 1.807) is 25.1 Å². The van der Waals surface area contributed by atoms with Crippen LogP contribution in [0.15, 0.2) is 47.8 Å². The van der Waals surface area contributed by atoms with E-state index in [-0.39, 0.29) is 19.4 Å². The summed E-state index contributed by atoms with van der Waals surface area (Å²) in [7, 11) is 1.25. The summed E-state index contributed by atoms with van der Waals surface area (Å²) in [4.78, 5) is 24.3. The average Bonchev–Trinajstić information content (AvgIpc) is 3.19. The summed E-state index contributed by atoms with van der Waals surface area (Å²) in [6.45, 7) is 7.58. The summed E-state index contributed by atoms with van der Waals surface area (Å²) in [6, 6.07) is 3.12. The van der Waals surface area contributed by atoms with Crippen LogP contribution in [0.1, 0.15) is 53.8 Å². The zero-order valence-electron chi connectivity index (χ0n) is 18.2. The van der Waals surface area contributed by atoms with Crippen LogP contribution in [0.4, 0.5) is 13.2 Å². The van der Waals surface area contributed by atoms with Gasteiger partial charge in [-0.25, -0.2) is 0 Å². The standard InChI is InChI=1S/C22H27F3INO4S/c1-14(2)11-16(12-15(3)13-26)31-17(7-9-22(23,24)25)18-5-6-19(32-18)21(29)27-10-8-20(28)30-4/h5-6,11-12,17H,1,7-10,13H2,2-4H3,(H,27,29)/b15-12-,16-11+. The molecule has 32 heavy (non-hydrogen) atoms. The maximum absolute atomic E-state index is 12.9. The predicted molar refractivity (Wildman–Crippen MR) is 128 cm³/mol. The Bertz CT molecular complexity index is 862. The molecule has 5 nitrogen and oxygen atoms in total. The molecule has 0 radical (unpaired) electrons. The zero-order chi connectivity index (χ0) is 24.3. The van der Waals surface area contributed by atoms with E-state index in [9.17, 15) is 22.8 Å². The lowest BCUT2D eigenvalue weighted by Gasteiger charge is -2.20. The van der Waals surface area contributed by atoms with Gasteiger partial charge in [-0.1, -0.05) is 40.3 Å². The largest absolute Gasteiger partial charge is 0.485 e. The van der Waals surface area contributed by atoms with E-state index in [1.807, 2.05) is 6.92 Å². The molecule has 1 aromatic heterocycles. The number of hydrogen-bond acceptors (Lipinski definition) is 5. The number of amides is 1. The van der Waals surface area contributed by atoms with Crippen molar-refractivity contribution >= 4 is 45.8 Å². The summed E-state index contributed by atoms with van der Waals surface area (Å²) in [5.74, 6) is -0.459. The Morgan fingerprint density at radius 1 is 1.28 bits per heavy atom. The van der Waals surface area contributed by atoms with Gasteiger partial charge in [0.1, 0.15) is 11.9 Å². The number of hydrogen-bond donors (Lipinski definition) is 1. The number of carbonyl (C=O) groups excluding carboxylic acids is 2. The summed E-state index contributed by atoms with van der Waals surface area (Å²) in [5, 5.41) is 2.59. The van der Waals surface area contributed by atoms with Gasteiger partial charge in [-0.05, 0) is 44.6 Å². The second-order valence-corrected chi connectivity index (χ2v) is 8.94. The van der Waals surface area contributed by atoms with Crippen molar-refractivity contribution in [2.24, 2.45) is 0 Å². The maximum Gasteiger partial charge on any atom is 0.389 e. The smallest absolute Gasteiger partial charge is 0.389 e. The van der Waals surface area contributed by atoms with Gasteiger partial charge in [0.15, 0.2) is 0 Å². The van der Waals surface area contributed by atoms with E-state index in [0.29, 0.717) is 21.1 Å². The number of esters is 1. The van der Waals surface area contributed by atoms with E-state index < -0.39 is 30.6 Å². The van der Waals surface area contributed by atoms with Gasteiger partial charge in [0.25, 0.3) is 5.91 Å². The van der Waals surface area contributed by atoms with Crippen molar-refractivity contribution in [3.63, 3.8) is 0 Å². The lowest BCUT2D eigenvalue weighted by atomic mass is 10.1. The Balaban J connectivity index is 3.07. The number of halogens is 4. The van der Waals surface area contributed by atoms with E-state index in [0.717, 1.165) is 21.3 Å². The zero-order valence-corrected chi connectivity index (χ0v) is 21.2. The van der Waals surface area contributed by atoms with Crippen LogP contribution in [0.2, 0.25) is 0 Å². The first-order valence-electron chi connectivity index (χ1n) is 9.73. The van der Waals surface area contributed by atoms with Crippen LogP contribution in [0.3, 0.4) is 0 Å². The third-order valence-corrected chi connectivity index (χ3v) is 6.35. The van der Waals surface area contributed by atoms with Gasteiger partial charge in [0.2, 0.25) is 0 Å². The first-order chi connectivity index (χ1) is 14.9. The molecule has 0 aromatic carbocycles. The molecular formula is C22H27F3INO4S. The summed E-state index contributed by atoms with van der Waals surface area (Å²) < 4.78 is 50.0. The Kier molecular flexibility index (Phi) is 12.0. The fourth-order valence-corrected chi connectivity index (χ4v) is 3.68. The van der Waals surface area contributed by atoms with Crippen molar-refractivity contribution in [2.45, 2.75) is 45.4 Å². The lowest BCUT2D eigenvalue weighted by Crippen LogP contribution is -2.25. The molecule has 0 saturated heterocycles. The summed E-state index contributed by atoms with van der Waals surface area (Å²) >= 11 is 3.24. The van der Waals surface area contributed by atoms with Crippen LogP contribution < -0.4 is 5.32 Å². The van der Waals surface area contributed by atoms with Gasteiger partial charge in [-0.2, -0.15) is 13.2 Å². The highest BCUT2D eigenvalue weighted by Crippen LogP contribution is 2.35. The molecule has 178 valence electrons. The van der Waals surface area contributed by atoms with Crippen LogP contribution in [-0.4, -0.2) is 36.1 Å². The van der Waals surface area contributed by atoms with E-state index in [1.165, 1.54) is 13.2 Å². The predicted octanol–water partition coefficient (Wildman–Crippen LogP) is 6.28. The Hall–Kier alpha value is -1.82. The van der Waals surface area contributed by atoms with Crippen molar-refractivity contribution in [3.05, 3.63) is 57.5 Å². The van der Waals surface area contributed by atoms with Gasteiger partial charge in [0, 0.05) is 22.3 Å². The molecule has 1 atom stereocenters. The van der Waals surface area contributed by atoms with Gasteiger partial charge < -0.3 is 14.8 Å². The number of ether oxygens (including phenoxy) is 2. The third-order valence-electron chi connectivity index (χ3n) is 3.97. The molecule has 1 amide bonds. The van der Waals surface area contributed by atoms with Crippen molar-refractivity contribution < 1.29 is 32.2 Å². The summed E-state index contributed by atoms with van der Waals surface area (Å²) in [5.41, 5.74) is 1.69. The Morgan fingerprint density at radius 2 is 1.97 bits per heavy atom. The molecule has 1 rings (SSSR count). The number of allylic oxidation sites excluding steroid dienone is 4. The van der Waals surface area contributed by atoms with Crippen LogP contribution in [-0.2, 0) is 14.3 Å². The highest BCUT2D eigenvalue weighted by molar-refractivity contribution is 14.1. The highest BCUT2D eigenvalue weighted by atomic mass is 127. The second kappa shape index (κ2) is 13.7. The molecule has 0 aliphatic carbocycles. The number of nitrogens with one attached hydrogen (secondary N) is 1. The minimum atomic E-state index is -4.33. The van der Waals surface area contributed by atoms with Crippen molar-refractivity contribution in [3.8, 4) is 0 Å². The third kappa shape index (κ3) is 11.2. The molecule has 1 heterocycles. The van der Waals surface area contributed by atoms with Crippen LogP contribution in [0.25, 0.3) is 0 Å². The number of thiophene rings is 1. The van der Waals surface area contributed by atoms with Crippen molar-refractivity contribution in [2.75, 3.05) is 18.1 Å². The molecule has 0 saturated carbocycles. The fourth-order valence-electron chi connectivity index (χ4n) is 2.47. The van der Waals surface area contributed by atoms with E-state index >= 15 is 0 Å². The minimum absolute atomic E-state index is 0.0232. The average molecular weight is 585 g/mol. The van der Waals surface area contributed by atoms with E-state index in [4.69, 9.17) is 4.74 Å². The maximum atomic E-state index is 12.9. The SMILES string of the molecule is C=C(C)/C=C(\C=C(\C)CI)OC(CCC(F)(F)F)c1ccc(C(=O)NCCC(=O)OC)s1. The number of methoxy groups -OCH3 is 1. The molecule has 10 heteroatoms. The molecular weight excluding hydrogens is 558 g/mol. The normalized spacial score (nSPS) is 13.5. The Morgan fingerprint density at radius 3 is 2.53 bits per heavy atom. The molecule has 0 aliphatic rings. The molecule has 0 bridgehead atoms. The van der Waals surface area contributed by atoms with Crippen LogP contribution in [0.5, 0.6) is 0 Å². The molecule has 1 aromatic rings. The molecule has 0 fully saturated rings. The number of alkyl halides is 4. The van der Waals surface area contributed by atoms with E-state index in [2.05, 4.69) is 39.2 Å². The van der Waals surface area contributed by atoms with Gasteiger partial charge in [0.05, 0.1) is 18.4 Å². The molecule has 0 spiro atoms. The minimum Gasteiger partial charge on any atom is -0.485 e. The quantitative estimate of drug-likeness (QED) is 0.103. The van der Waals surface area contributed by atoms with Gasteiger partial charge in [-0.15, -0.1) is 11.3 Å². The second-order valence-electron chi connectivity index (χ2n) is 7.06. The van der Waals surface area contributed by atoms with Gasteiger partial charge >= 0.3 is 12.1 Å². The molecule has 1 unspecified atom stereocenters. The van der Waals surface area contributed by atoms with Crippen LogP contribution in [0, 0.1) is 0 Å². The van der Waals surface area contributed by atoms with Crippen molar-refractivity contribution in [1.29, 1.82) is 0 Å². The van der Waals surface area contributed by atoms with Crippen molar-refractivity contribution in [1.82, 2.24) is 5.32 Å². The fraction of sp³-hybridized carbons (Fsp3) is 0.455. The number of carbonyl (C=O) groups is 2. The topological polar surface area (TPSA) is 64.6 Å². The molecule has 0 aliphatic heterocycles. The monoisotopic (exact) mass is 585 g/mol. The first kappa shape index (κ1) is 28.2. The van der Waals surface area contributed by atoms with Gasteiger partial charge in [-0.3, -0.25) is 9.59 Å². The Labute approximate surface area is 203 Å². The summed E-state index contributed by atoms with van der Waals surface area (Å²) in [6.07, 6.45) is -3.07. The lowest BCUT2D eigenvalue weighted by molar-refractivity contribution is -0.141. The van der Waals surface area contributed by atoms with Crippen LogP contribution >= 0.6 is 33.9 Å².